The molecule has 0 spiro atoms. The van der Waals surface area contributed by atoms with E-state index in [1.165, 1.54) is 0 Å². The average Bonchev–Trinajstić information content (AvgIpc) is 2.10. The topological polar surface area (TPSA) is 20.2 Å². The van der Waals surface area contributed by atoms with Crippen LogP contribution in [-0.4, -0.2) is 11.4 Å². The molecule has 0 saturated carbocycles. The number of benzene rings is 1. The Bertz CT molecular complexity index is 243. The van der Waals surface area contributed by atoms with E-state index in [0.717, 1.165) is 12.0 Å². The van der Waals surface area contributed by atoms with Gasteiger partial charge in [0.25, 0.3) is 0 Å². The lowest BCUT2D eigenvalue weighted by Gasteiger charge is -2.13. The van der Waals surface area contributed by atoms with Crippen LogP contribution < -0.4 is 0 Å². The molecule has 1 unspecified atom stereocenters. The third kappa shape index (κ3) is 1.95. The molecule has 0 aliphatic carbocycles. The van der Waals surface area contributed by atoms with Crippen LogP contribution in [0.4, 0.5) is 0 Å². The van der Waals surface area contributed by atoms with Crippen LogP contribution >= 0.6 is 11.8 Å². The fraction of sp³-hybridized carbons (Fsp3) is 0.400. The van der Waals surface area contributed by atoms with Crippen molar-refractivity contribution in [2.24, 2.45) is 0 Å². The quantitative estimate of drug-likeness (QED) is 0.774. The Hall–Kier alpha value is -0.630. The zero-order valence-corrected chi connectivity index (χ0v) is 8.27. The minimum Gasteiger partial charge on any atom is -0.508 e. The SMILES string of the molecule is CCC(SC)c1ccccc1O. The van der Waals surface area contributed by atoms with Gasteiger partial charge in [-0.25, -0.2) is 0 Å². The zero-order chi connectivity index (χ0) is 8.97. The van der Waals surface area contributed by atoms with Gasteiger partial charge in [0.1, 0.15) is 5.75 Å². The van der Waals surface area contributed by atoms with Crippen LogP contribution in [0.1, 0.15) is 24.2 Å². The Labute approximate surface area is 77.8 Å². The lowest BCUT2D eigenvalue weighted by atomic mass is 10.1. The second-order valence-electron chi connectivity index (χ2n) is 2.69. The standard InChI is InChI=1S/C10H14OS/c1-3-10(12-2)8-6-4-5-7-9(8)11/h4-7,10-11H,3H2,1-2H3. The molecule has 1 nitrogen and oxygen atoms in total. The Morgan fingerprint density at radius 3 is 2.58 bits per heavy atom. The molecule has 1 aromatic carbocycles. The highest BCUT2D eigenvalue weighted by molar-refractivity contribution is 7.98. The summed E-state index contributed by atoms with van der Waals surface area (Å²) < 4.78 is 0. The first kappa shape index (κ1) is 9.46. The third-order valence-corrected chi connectivity index (χ3v) is 3.10. The first-order chi connectivity index (χ1) is 5.79. The maximum atomic E-state index is 9.53. The molecular formula is C10H14OS. The molecule has 1 aromatic rings. The van der Waals surface area contributed by atoms with Crippen LogP contribution in [0.5, 0.6) is 5.75 Å². The molecule has 0 radical (unpaired) electrons. The van der Waals surface area contributed by atoms with Crippen LogP contribution in [0.2, 0.25) is 0 Å². The van der Waals surface area contributed by atoms with Gasteiger partial charge >= 0.3 is 0 Å². The van der Waals surface area contributed by atoms with Gasteiger partial charge < -0.3 is 5.11 Å². The molecule has 0 aliphatic rings. The predicted molar refractivity (Wildman–Crippen MR) is 54.7 cm³/mol. The largest absolute Gasteiger partial charge is 0.508 e. The number of phenolic OH excluding ortho intramolecular Hbond substituents is 1. The molecule has 12 heavy (non-hydrogen) atoms. The Morgan fingerprint density at radius 2 is 2.08 bits per heavy atom. The average molecular weight is 182 g/mol. The number of thioether (sulfide) groups is 1. The van der Waals surface area contributed by atoms with Gasteiger partial charge in [0.2, 0.25) is 0 Å². The highest BCUT2D eigenvalue weighted by Gasteiger charge is 2.10. The summed E-state index contributed by atoms with van der Waals surface area (Å²) in [5, 5.41) is 9.95. The first-order valence-corrected chi connectivity index (χ1v) is 5.39. The Morgan fingerprint density at radius 1 is 1.42 bits per heavy atom. The number of hydrogen-bond donors (Lipinski definition) is 1. The zero-order valence-electron chi connectivity index (χ0n) is 7.45. The fourth-order valence-corrected chi connectivity index (χ4v) is 2.06. The van der Waals surface area contributed by atoms with Crippen molar-refractivity contribution in [1.29, 1.82) is 0 Å². The van der Waals surface area contributed by atoms with Crippen molar-refractivity contribution in [3.05, 3.63) is 29.8 Å². The highest BCUT2D eigenvalue weighted by Crippen LogP contribution is 2.34. The summed E-state index contributed by atoms with van der Waals surface area (Å²) in [6.45, 7) is 2.13. The van der Waals surface area contributed by atoms with E-state index in [1.54, 1.807) is 17.8 Å². The molecule has 0 saturated heterocycles. The summed E-state index contributed by atoms with van der Waals surface area (Å²) in [5.74, 6) is 0.415. The lowest BCUT2D eigenvalue weighted by molar-refractivity contribution is 0.467. The number of rotatable bonds is 3. The molecule has 0 bridgehead atoms. The maximum absolute atomic E-state index is 9.53. The van der Waals surface area contributed by atoms with Crippen molar-refractivity contribution in [2.45, 2.75) is 18.6 Å². The van der Waals surface area contributed by atoms with Crippen LogP contribution in [0, 0.1) is 0 Å². The van der Waals surface area contributed by atoms with Crippen molar-refractivity contribution in [3.63, 3.8) is 0 Å². The monoisotopic (exact) mass is 182 g/mol. The second kappa shape index (κ2) is 4.41. The molecule has 0 aliphatic heterocycles. The number of para-hydroxylation sites is 1. The van der Waals surface area contributed by atoms with E-state index in [1.807, 2.05) is 18.2 Å². The van der Waals surface area contributed by atoms with E-state index in [4.69, 9.17) is 0 Å². The smallest absolute Gasteiger partial charge is 0.119 e. The predicted octanol–water partition coefficient (Wildman–Crippen LogP) is 3.21. The van der Waals surface area contributed by atoms with E-state index in [0.29, 0.717) is 11.0 Å². The van der Waals surface area contributed by atoms with Gasteiger partial charge in [-0.05, 0) is 18.7 Å². The maximum Gasteiger partial charge on any atom is 0.119 e. The van der Waals surface area contributed by atoms with E-state index in [-0.39, 0.29) is 0 Å². The summed E-state index contributed by atoms with van der Waals surface area (Å²) in [6.07, 6.45) is 3.12. The lowest BCUT2D eigenvalue weighted by Crippen LogP contribution is -1.91. The van der Waals surface area contributed by atoms with E-state index < -0.39 is 0 Å². The Kier molecular flexibility index (Phi) is 3.48. The van der Waals surface area contributed by atoms with Crippen molar-refractivity contribution in [2.75, 3.05) is 6.26 Å². The highest BCUT2D eigenvalue weighted by atomic mass is 32.2. The van der Waals surface area contributed by atoms with Crippen molar-refractivity contribution < 1.29 is 5.11 Å². The summed E-state index contributed by atoms with van der Waals surface area (Å²) in [4.78, 5) is 0. The summed E-state index contributed by atoms with van der Waals surface area (Å²) in [7, 11) is 0. The molecular weight excluding hydrogens is 168 g/mol. The molecule has 1 N–H and O–H groups in total. The second-order valence-corrected chi connectivity index (χ2v) is 3.73. The van der Waals surface area contributed by atoms with Gasteiger partial charge in [0.05, 0.1) is 0 Å². The molecule has 0 fully saturated rings. The molecule has 0 amide bonds. The third-order valence-electron chi connectivity index (χ3n) is 1.94. The van der Waals surface area contributed by atoms with Crippen LogP contribution in [0.3, 0.4) is 0 Å². The van der Waals surface area contributed by atoms with Gasteiger partial charge in [-0.3, -0.25) is 0 Å². The van der Waals surface area contributed by atoms with E-state index >= 15 is 0 Å². The van der Waals surface area contributed by atoms with E-state index in [2.05, 4.69) is 13.2 Å². The normalized spacial score (nSPS) is 12.8. The first-order valence-electron chi connectivity index (χ1n) is 4.10. The minimum absolute atomic E-state index is 0.415. The molecule has 2 heteroatoms. The van der Waals surface area contributed by atoms with Crippen molar-refractivity contribution >= 4 is 11.8 Å². The Balaban J connectivity index is 2.92. The summed E-state index contributed by atoms with van der Waals surface area (Å²) >= 11 is 1.78. The van der Waals surface area contributed by atoms with Crippen LogP contribution in [0.25, 0.3) is 0 Å². The van der Waals surface area contributed by atoms with Crippen molar-refractivity contribution in [3.8, 4) is 5.75 Å². The fourth-order valence-electron chi connectivity index (χ4n) is 1.27. The molecule has 66 valence electrons. The van der Waals surface area contributed by atoms with E-state index in [9.17, 15) is 5.11 Å². The summed E-state index contributed by atoms with van der Waals surface area (Å²) in [5.41, 5.74) is 1.05. The van der Waals surface area contributed by atoms with Gasteiger partial charge in [-0.15, -0.1) is 0 Å². The van der Waals surface area contributed by atoms with Crippen molar-refractivity contribution in [1.82, 2.24) is 0 Å². The van der Waals surface area contributed by atoms with Gasteiger partial charge in [0.15, 0.2) is 0 Å². The summed E-state index contributed by atoms with van der Waals surface area (Å²) in [6, 6.07) is 7.55. The van der Waals surface area contributed by atoms with Crippen LogP contribution in [-0.2, 0) is 0 Å². The molecule has 1 rings (SSSR count). The molecule has 0 aromatic heterocycles. The number of hydrogen-bond acceptors (Lipinski definition) is 2. The van der Waals surface area contributed by atoms with Gasteiger partial charge in [-0.1, -0.05) is 25.1 Å². The number of aromatic hydroxyl groups is 1. The minimum atomic E-state index is 0.415. The molecule has 0 heterocycles. The van der Waals surface area contributed by atoms with Crippen LogP contribution in [0.15, 0.2) is 24.3 Å². The van der Waals surface area contributed by atoms with Gasteiger partial charge in [0, 0.05) is 10.8 Å². The van der Waals surface area contributed by atoms with Gasteiger partial charge in [-0.2, -0.15) is 11.8 Å². The molecule has 1 atom stereocenters. The number of phenols is 1.